The number of carbonyl (C=O) groups excluding carboxylic acids is 1. The number of nitrogens with one attached hydrogen (secondary N) is 1. The first-order valence-corrected chi connectivity index (χ1v) is 4.91. The third kappa shape index (κ3) is 2.01. The molecule has 1 aromatic heterocycles. The number of aromatic nitrogens is 2. The van der Waals surface area contributed by atoms with E-state index < -0.39 is 17.8 Å². The van der Waals surface area contributed by atoms with Gasteiger partial charge in [-0.3, -0.25) is 4.79 Å². The molecule has 1 aromatic carbocycles. The number of H-pyrrole nitrogens is 1. The van der Waals surface area contributed by atoms with E-state index in [0.29, 0.717) is 5.56 Å². The summed E-state index contributed by atoms with van der Waals surface area (Å²) in [6.45, 7) is 0. The van der Waals surface area contributed by atoms with E-state index in [4.69, 9.17) is 10.8 Å². The summed E-state index contributed by atoms with van der Waals surface area (Å²) in [4.78, 5) is 27.9. The second kappa shape index (κ2) is 4.21. The van der Waals surface area contributed by atoms with Gasteiger partial charge in [-0.25, -0.2) is 9.78 Å². The van der Waals surface area contributed by atoms with Gasteiger partial charge < -0.3 is 20.9 Å². The van der Waals surface area contributed by atoms with Gasteiger partial charge in [0.25, 0.3) is 5.91 Å². The van der Waals surface area contributed by atoms with Crippen molar-refractivity contribution in [3.63, 3.8) is 0 Å². The van der Waals surface area contributed by atoms with Crippen molar-refractivity contribution in [3.05, 3.63) is 35.5 Å². The zero-order valence-corrected chi connectivity index (χ0v) is 9.04. The maximum Gasteiger partial charge on any atom is 0.335 e. The highest BCUT2D eigenvalue weighted by Gasteiger charge is 2.15. The number of rotatable bonds is 3. The van der Waals surface area contributed by atoms with Gasteiger partial charge in [0.05, 0.1) is 5.56 Å². The monoisotopic (exact) mass is 247 g/mol. The Bertz CT molecular complexity index is 616. The summed E-state index contributed by atoms with van der Waals surface area (Å²) in [5, 5.41) is 18.1. The number of hydrogen-bond acceptors (Lipinski definition) is 4. The lowest BCUT2D eigenvalue weighted by molar-refractivity contribution is 0.0696. The van der Waals surface area contributed by atoms with Crippen LogP contribution >= 0.6 is 0 Å². The van der Waals surface area contributed by atoms with Gasteiger partial charge >= 0.3 is 5.97 Å². The molecule has 0 bridgehead atoms. The molecule has 2 aromatic rings. The molecule has 7 heteroatoms. The number of nitrogens with zero attached hydrogens (tertiary/aromatic N) is 1. The molecule has 92 valence electrons. The van der Waals surface area contributed by atoms with Crippen LogP contribution in [0.25, 0.3) is 11.4 Å². The molecule has 0 saturated carbocycles. The number of aromatic hydroxyl groups is 1. The first-order valence-electron chi connectivity index (χ1n) is 4.91. The number of hydrogen-bond donors (Lipinski definition) is 4. The van der Waals surface area contributed by atoms with Gasteiger partial charge in [-0.2, -0.15) is 0 Å². The molecular formula is C11H9N3O4. The summed E-state index contributed by atoms with van der Waals surface area (Å²) in [7, 11) is 0. The van der Waals surface area contributed by atoms with E-state index in [2.05, 4.69) is 9.97 Å². The van der Waals surface area contributed by atoms with Crippen LogP contribution in [0.5, 0.6) is 5.88 Å². The predicted octanol–water partition coefficient (Wildman–Crippen LogP) is 0.579. The Morgan fingerprint density at radius 1 is 1.22 bits per heavy atom. The van der Waals surface area contributed by atoms with E-state index in [1.807, 2.05) is 0 Å². The molecule has 0 aliphatic heterocycles. The molecule has 2 rings (SSSR count). The normalized spacial score (nSPS) is 10.2. The maximum absolute atomic E-state index is 10.9. The minimum atomic E-state index is -1.04. The fraction of sp³-hybridized carbons (Fsp3) is 0. The molecular weight excluding hydrogens is 238 g/mol. The molecule has 0 unspecified atom stereocenters. The van der Waals surface area contributed by atoms with Gasteiger partial charge in [-0.15, -0.1) is 0 Å². The lowest BCUT2D eigenvalue weighted by atomic mass is 10.1. The van der Waals surface area contributed by atoms with Crippen molar-refractivity contribution in [2.45, 2.75) is 0 Å². The lowest BCUT2D eigenvalue weighted by Crippen LogP contribution is -2.11. The molecule has 0 fully saturated rings. The average molecular weight is 247 g/mol. The number of amides is 1. The highest BCUT2D eigenvalue weighted by molar-refractivity contribution is 5.94. The number of imidazole rings is 1. The molecule has 7 nitrogen and oxygen atoms in total. The molecule has 0 atom stereocenters. The van der Waals surface area contributed by atoms with Gasteiger partial charge in [0.2, 0.25) is 5.88 Å². The van der Waals surface area contributed by atoms with Crippen molar-refractivity contribution in [1.29, 1.82) is 0 Å². The van der Waals surface area contributed by atoms with E-state index in [9.17, 15) is 14.7 Å². The lowest BCUT2D eigenvalue weighted by Gasteiger charge is -1.97. The Balaban J connectivity index is 2.40. The van der Waals surface area contributed by atoms with Gasteiger partial charge in [0, 0.05) is 5.56 Å². The van der Waals surface area contributed by atoms with Crippen LogP contribution in [0.1, 0.15) is 20.8 Å². The number of aromatic amines is 1. The van der Waals surface area contributed by atoms with Gasteiger partial charge in [0.1, 0.15) is 5.82 Å². The smallest absolute Gasteiger partial charge is 0.335 e. The minimum Gasteiger partial charge on any atom is -0.493 e. The third-order valence-electron chi connectivity index (χ3n) is 2.32. The maximum atomic E-state index is 10.9. The molecule has 0 aliphatic carbocycles. The zero-order chi connectivity index (χ0) is 13.3. The molecule has 0 spiro atoms. The van der Waals surface area contributed by atoms with Crippen LogP contribution in [0.15, 0.2) is 24.3 Å². The molecule has 1 heterocycles. The van der Waals surface area contributed by atoms with Gasteiger partial charge in [0.15, 0.2) is 5.69 Å². The quantitative estimate of drug-likeness (QED) is 0.630. The molecule has 0 radical (unpaired) electrons. The number of benzene rings is 1. The van der Waals surface area contributed by atoms with Crippen molar-refractivity contribution in [1.82, 2.24) is 9.97 Å². The Hall–Kier alpha value is -2.83. The van der Waals surface area contributed by atoms with E-state index in [1.54, 1.807) is 0 Å². The topological polar surface area (TPSA) is 129 Å². The van der Waals surface area contributed by atoms with Crippen LogP contribution in [0.2, 0.25) is 0 Å². The second-order valence-corrected chi connectivity index (χ2v) is 3.53. The summed E-state index contributed by atoms with van der Waals surface area (Å²) < 4.78 is 0. The van der Waals surface area contributed by atoms with Gasteiger partial charge in [-0.05, 0) is 12.1 Å². The minimum absolute atomic E-state index is 0.129. The van der Waals surface area contributed by atoms with Crippen molar-refractivity contribution in [2.75, 3.05) is 0 Å². The number of primary amides is 1. The van der Waals surface area contributed by atoms with Gasteiger partial charge in [-0.1, -0.05) is 12.1 Å². The molecule has 18 heavy (non-hydrogen) atoms. The van der Waals surface area contributed by atoms with Crippen molar-refractivity contribution >= 4 is 11.9 Å². The number of carbonyl (C=O) groups is 2. The zero-order valence-electron chi connectivity index (χ0n) is 9.04. The summed E-state index contributed by atoms with van der Waals surface area (Å²) in [6, 6.07) is 5.79. The first kappa shape index (κ1) is 11.6. The van der Waals surface area contributed by atoms with Crippen LogP contribution in [0.4, 0.5) is 0 Å². The summed E-state index contributed by atoms with van der Waals surface area (Å²) in [5.74, 6) is -2.07. The van der Waals surface area contributed by atoms with Crippen molar-refractivity contribution in [3.8, 4) is 17.3 Å². The Morgan fingerprint density at radius 3 is 2.28 bits per heavy atom. The highest BCUT2D eigenvalue weighted by atomic mass is 16.4. The highest BCUT2D eigenvalue weighted by Crippen LogP contribution is 2.22. The number of carboxylic acid groups (broad SMARTS) is 1. The van der Waals surface area contributed by atoms with Crippen molar-refractivity contribution in [2.24, 2.45) is 5.73 Å². The van der Waals surface area contributed by atoms with Crippen LogP contribution in [0.3, 0.4) is 0 Å². The van der Waals surface area contributed by atoms with E-state index >= 15 is 0 Å². The van der Waals surface area contributed by atoms with E-state index in [0.717, 1.165) is 0 Å². The standard InChI is InChI=1S/C11H9N3O4/c12-8(15)7-10(16)14-9(13-7)5-1-3-6(4-2-5)11(17)18/h1-4,16H,(H2,12,15)(H,13,14)(H,17,18). The average Bonchev–Trinajstić information content (AvgIpc) is 2.71. The van der Waals surface area contributed by atoms with Crippen LogP contribution in [-0.4, -0.2) is 32.1 Å². The van der Waals surface area contributed by atoms with Crippen molar-refractivity contribution < 1.29 is 19.8 Å². The Morgan fingerprint density at radius 2 is 1.83 bits per heavy atom. The molecule has 0 aliphatic rings. The predicted molar refractivity (Wildman–Crippen MR) is 61.2 cm³/mol. The SMILES string of the molecule is NC(=O)c1nc(-c2ccc(C(=O)O)cc2)[nH]c1O. The fourth-order valence-corrected chi connectivity index (χ4v) is 1.44. The molecule has 5 N–H and O–H groups in total. The summed E-state index contributed by atoms with van der Waals surface area (Å²) in [6.07, 6.45) is 0. The Kier molecular flexibility index (Phi) is 2.72. The van der Waals surface area contributed by atoms with Crippen LogP contribution in [-0.2, 0) is 0 Å². The number of aromatic carboxylic acids is 1. The molecule has 0 saturated heterocycles. The first-order chi connectivity index (χ1) is 8.49. The number of nitrogens with two attached hydrogens (primary N) is 1. The van der Waals surface area contributed by atoms with E-state index in [-0.39, 0.29) is 17.1 Å². The third-order valence-corrected chi connectivity index (χ3v) is 2.32. The Labute approximate surface area is 101 Å². The summed E-state index contributed by atoms with van der Waals surface area (Å²) in [5.41, 5.74) is 5.41. The second-order valence-electron chi connectivity index (χ2n) is 3.53. The van der Waals surface area contributed by atoms with E-state index in [1.165, 1.54) is 24.3 Å². The summed E-state index contributed by atoms with van der Waals surface area (Å²) >= 11 is 0. The fourth-order valence-electron chi connectivity index (χ4n) is 1.44. The number of carboxylic acids is 1. The van der Waals surface area contributed by atoms with Crippen LogP contribution < -0.4 is 5.73 Å². The van der Waals surface area contributed by atoms with Crippen LogP contribution in [0, 0.1) is 0 Å². The largest absolute Gasteiger partial charge is 0.493 e. The molecule has 1 amide bonds.